The number of amides is 1. The van der Waals surface area contributed by atoms with Crippen molar-refractivity contribution in [2.75, 3.05) is 20.1 Å². The summed E-state index contributed by atoms with van der Waals surface area (Å²) in [6.07, 6.45) is 3.14. The predicted molar refractivity (Wildman–Crippen MR) is 92.7 cm³/mol. The summed E-state index contributed by atoms with van der Waals surface area (Å²) in [5.41, 5.74) is 2.18. The van der Waals surface area contributed by atoms with Gasteiger partial charge < -0.3 is 10.2 Å². The first kappa shape index (κ1) is 15.6. The second-order valence-electron chi connectivity index (χ2n) is 6.07. The van der Waals surface area contributed by atoms with Crippen molar-refractivity contribution in [2.24, 2.45) is 10.9 Å². The van der Waals surface area contributed by atoms with Gasteiger partial charge in [-0.25, -0.2) is 4.99 Å². The van der Waals surface area contributed by atoms with Crippen LogP contribution in [0.15, 0.2) is 29.3 Å². The van der Waals surface area contributed by atoms with Crippen LogP contribution in [-0.4, -0.2) is 41.4 Å². The van der Waals surface area contributed by atoms with Crippen molar-refractivity contribution >= 4 is 28.5 Å². The first-order valence-electron chi connectivity index (χ1n) is 8.00. The Morgan fingerprint density at radius 3 is 2.77 bits per heavy atom. The maximum absolute atomic E-state index is 12.3. The second-order valence-corrected chi connectivity index (χ2v) is 7.20. The first-order chi connectivity index (χ1) is 10.7. The zero-order chi connectivity index (χ0) is 15.5. The minimum Gasteiger partial charge on any atom is -0.306 e. The molecule has 2 heterocycles. The fourth-order valence-electron chi connectivity index (χ4n) is 3.10. The van der Waals surface area contributed by atoms with Gasteiger partial charge in [0.25, 0.3) is 0 Å². The summed E-state index contributed by atoms with van der Waals surface area (Å²) >= 11 is 1.61. The maximum atomic E-state index is 12.3. The molecular weight excluding hydrogens is 294 g/mol. The molecule has 118 valence electrons. The van der Waals surface area contributed by atoms with Crippen LogP contribution in [-0.2, 0) is 11.2 Å². The number of thioether (sulfide) groups is 1. The number of carbonyl (C=O) groups excluding carboxylic acids is 1. The van der Waals surface area contributed by atoms with E-state index in [1.165, 1.54) is 5.56 Å². The Balaban J connectivity index is 1.72. The number of carbonyl (C=O) groups is 1. The third kappa shape index (κ3) is 3.36. The van der Waals surface area contributed by atoms with Crippen LogP contribution in [0.25, 0.3) is 0 Å². The van der Waals surface area contributed by atoms with Gasteiger partial charge in [-0.2, -0.15) is 0 Å². The molecule has 0 aromatic heterocycles. The first-order valence-corrected chi connectivity index (χ1v) is 8.88. The molecule has 5 heteroatoms. The van der Waals surface area contributed by atoms with Gasteiger partial charge >= 0.3 is 0 Å². The highest BCUT2D eigenvalue weighted by Crippen LogP contribution is 2.34. The molecule has 1 N–H and O–H groups in total. The SMILES string of the molecule is CCc1ccccc1N=C1NC(=O)C(C2CCN(C)CC2)S1. The molecule has 0 aliphatic carbocycles. The van der Waals surface area contributed by atoms with Crippen molar-refractivity contribution in [3.8, 4) is 0 Å². The minimum atomic E-state index is 0.0289. The van der Waals surface area contributed by atoms with Crippen molar-refractivity contribution in [3.05, 3.63) is 29.8 Å². The van der Waals surface area contributed by atoms with Crippen molar-refractivity contribution in [2.45, 2.75) is 31.4 Å². The van der Waals surface area contributed by atoms with Crippen LogP contribution < -0.4 is 5.32 Å². The number of benzene rings is 1. The average Bonchev–Trinajstić information content (AvgIpc) is 2.89. The Morgan fingerprint density at radius 1 is 1.32 bits per heavy atom. The predicted octanol–water partition coefficient (Wildman–Crippen LogP) is 2.81. The summed E-state index contributed by atoms with van der Waals surface area (Å²) in [5.74, 6) is 0.600. The number of piperidine rings is 1. The standard InChI is InChI=1S/C17H23N3OS/c1-3-12-6-4-5-7-14(12)18-17-19-16(21)15(22-17)13-8-10-20(2)11-9-13/h4-7,13,15H,3,8-11H2,1-2H3,(H,18,19,21). The molecule has 2 fully saturated rings. The van der Waals surface area contributed by atoms with Gasteiger partial charge in [0.1, 0.15) is 0 Å². The summed E-state index contributed by atoms with van der Waals surface area (Å²) in [7, 11) is 2.15. The number of rotatable bonds is 3. The number of nitrogens with zero attached hydrogens (tertiary/aromatic N) is 2. The molecule has 4 nitrogen and oxygen atoms in total. The van der Waals surface area contributed by atoms with Gasteiger partial charge in [-0.05, 0) is 56.9 Å². The lowest BCUT2D eigenvalue weighted by atomic mass is 9.93. The lowest BCUT2D eigenvalue weighted by Crippen LogP contribution is -2.37. The zero-order valence-electron chi connectivity index (χ0n) is 13.2. The molecule has 2 aliphatic rings. The van der Waals surface area contributed by atoms with Crippen LogP contribution in [0.2, 0.25) is 0 Å². The van der Waals surface area contributed by atoms with E-state index in [9.17, 15) is 4.79 Å². The highest BCUT2D eigenvalue weighted by molar-refractivity contribution is 8.15. The van der Waals surface area contributed by atoms with Gasteiger partial charge in [-0.3, -0.25) is 4.79 Å². The van der Waals surface area contributed by atoms with Crippen LogP contribution in [0.4, 0.5) is 5.69 Å². The number of amidine groups is 1. The van der Waals surface area contributed by atoms with E-state index >= 15 is 0 Å². The highest BCUT2D eigenvalue weighted by atomic mass is 32.2. The molecule has 0 radical (unpaired) electrons. The molecular formula is C17H23N3OS. The quantitative estimate of drug-likeness (QED) is 0.932. The van der Waals surface area contributed by atoms with E-state index in [1.54, 1.807) is 11.8 Å². The van der Waals surface area contributed by atoms with E-state index in [1.807, 2.05) is 18.2 Å². The number of nitrogens with one attached hydrogen (secondary N) is 1. The van der Waals surface area contributed by atoms with Crippen molar-refractivity contribution in [1.29, 1.82) is 0 Å². The third-order valence-corrected chi connectivity index (χ3v) is 5.78. The number of aliphatic imine (C=N–C) groups is 1. The smallest absolute Gasteiger partial charge is 0.239 e. The van der Waals surface area contributed by atoms with Crippen LogP contribution in [0.1, 0.15) is 25.3 Å². The minimum absolute atomic E-state index is 0.0289. The summed E-state index contributed by atoms with van der Waals surface area (Å²) in [6, 6.07) is 8.13. The lowest BCUT2D eigenvalue weighted by molar-refractivity contribution is -0.119. The van der Waals surface area contributed by atoms with Crippen molar-refractivity contribution in [3.63, 3.8) is 0 Å². The monoisotopic (exact) mass is 317 g/mol. The van der Waals surface area contributed by atoms with Gasteiger partial charge in [-0.1, -0.05) is 36.9 Å². The summed E-state index contributed by atoms with van der Waals surface area (Å²) in [6.45, 7) is 4.29. The zero-order valence-corrected chi connectivity index (χ0v) is 14.0. The fraction of sp³-hybridized carbons (Fsp3) is 0.529. The average molecular weight is 317 g/mol. The van der Waals surface area contributed by atoms with Crippen molar-refractivity contribution in [1.82, 2.24) is 10.2 Å². The van der Waals surface area contributed by atoms with Crippen LogP contribution >= 0.6 is 11.8 Å². The summed E-state index contributed by atoms with van der Waals surface area (Å²) < 4.78 is 0. The van der Waals surface area contributed by atoms with Crippen molar-refractivity contribution < 1.29 is 4.79 Å². The Morgan fingerprint density at radius 2 is 2.05 bits per heavy atom. The second kappa shape index (κ2) is 6.84. The van der Waals surface area contributed by atoms with E-state index < -0.39 is 0 Å². The Labute approximate surface area is 136 Å². The number of para-hydroxylation sites is 1. The third-order valence-electron chi connectivity index (χ3n) is 4.51. The van der Waals surface area contributed by atoms with E-state index in [0.717, 1.165) is 43.2 Å². The number of aryl methyl sites for hydroxylation is 1. The topological polar surface area (TPSA) is 44.7 Å². The molecule has 3 rings (SSSR count). The summed E-state index contributed by atoms with van der Waals surface area (Å²) in [5, 5.41) is 3.76. The van der Waals surface area contributed by atoms with Gasteiger partial charge in [-0.15, -0.1) is 0 Å². The lowest BCUT2D eigenvalue weighted by Gasteiger charge is -2.30. The normalized spacial score (nSPS) is 25.6. The van der Waals surface area contributed by atoms with E-state index in [4.69, 9.17) is 0 Å². The molecule has 1 aromatic rings. The molecule has 0 spiro atoms. The van der Waals surface area contributed by atoms with Gasteiger partial charge in [0, 0.05) is 0 Å². The molecule has 1 atom stereocenters. The van der Waals surface area contributed by atoms with E-state index in [2.05, 4.69) is 35.2 Å². The molecule has 2 saturated heterocycles. The van der Waals surface area contributed by atoms with Gasteiger partial charge in [0.2, 0.25) is 5.91 Å². The van der Waals surface area contributed by atoms with E-state index in [0.29, 0.717) is 5.92 Å². The highest BCUT2D eigenvalue weighted by Gasteiger charge is 2.37. The van der Waals surface area contributed by atoms with Gasteiger partial charge in [0.15, 0.2) is 5.17 Å². The summed E-state index contributed by atoms with van der Waals surface area (Å²) in [4.78, 5) is 19.3. The Kier molecular flexibility index (Phi) is 4.84. The Bertz CT molecular complexity index is 579. The molecule has 0 bridgehead atoms. The largest absolute Gasteiger partial charge is 0.306 e. The molecule has 0 saturated carbocycles. The Hall–Kier alpha value is -1.33. The van der Waals surface area contributed by atoms with Crippen LogP contribution in [0.5, 0.6) is 0 Å². The number of hydrogen-bond acceptors (Lipinski definition) is 4. The van der Waals surface area contributed by atoms with Gasteiger partial charge in [0.05, 0.1) is 10.9 Å². The molecule has 1 unspecified atom stereocenters. The maximum Gasteiger partial charge on any atom is 0.239 e. The van der Waals surface area contributed by atoms with Crippen LogP contribution in [0, 0.1) is 5.92 Å². The molecule has 2 aliphatic heterocycles. The van der Waals surface area contributed by atoms with E-state index in [-0.39, 0.29) is 11.2 Å². The fourth-order valence-corrected chi connectivity index (χ4v) is 4.29. The molecule has 1 amide bonds. The number of hydrogen-bond donors (Lipinski definition) is 1. The number of likely N-dealkylation sites (tertiary alicyclic amines) is 1. The van der Waals surface area contributed by atoms with Crippen LogP contribution in [0.3, 0.4) is 0 Å². The molecule has 1 aromatic carbocycles. The molecule has 22 heavy (non-hydrogen) atoms.